The van der Waals surface area contributed by atoms with Crippen LogP contribution in [0.1, 0.15) is 11.4 Å². The summed E-state index contributed by atoms with van der Waals surface area (Å²) in [5.74, 6) is -0.357. The smallest absolute Gasteiger partial charge is 0.131 e. The minimum absolute atomic E-state index is 0.0452. The average Bonchev–Trinajstić information content (AvgIpc) is 2.72. The molecule has 90 valence electrons. The van der Waals surface area contributed by atoms with Crippen LogP contribution >= 0.6 is 0 Å². The number of hydrogen-bond donors (Lipinski definition) is 1. The summed E-state index contributed by atoms with van der Waals surface area (Å²) in [7, 11) is 0. The van der Waals surface area contributed by atoms with Crippen LogP contribution in [0.3, 0.4) is 0 Å². The lowest BCUT2D eigenvalue weighted by molar-refractivity contribution is 0.540. The topological polar surface area (TPSA) is 43.8 Å². The molecule has 2 rings (SSSR count). The van der Waals surface area contributed by atoms with Crippen molar-refractivity contribution < 1.29 is 8.78 Å². The number of benzene rings is 1. The molecule has 0 atom stereocenters. The highest BCUT2D eigenvalue weighted by Crippen LogP contribution is 2.14. The molecule has 0 aliphatic heterocycles. The van der Waals surface area contributed by atoms with Gasteiger partial charge in [-0.15, -0.1) is 0 Å². The maximum Gasteiger partial charge on any atom is 0.131 e. The van der Waals surface area contributed by atoms with Crippen LogP contribution in [-0.2, 0) is 13.0 Å². The van der Waals surface area contributed by atoms with Gasteiger partial charge in [-0.1, -0.05) is 6.07 Å². The number of nitrogens with two attached hydrogens (primary N) is 1. The molecule has 0 amide bonds. The summed E-state index contributed by atoms with van der Waals surface area (Å²) >= 11 is 0. The third-order valence-corrected chi connectivity index (χ3v) is 2.56. The predicted octanol–water partition coefficient (Wildman–Crippen LogP) is 1.71. The third kappa shape index (κ3) is 2.50. The Bertz CT molecular complexity index is 488. The zero-order valence-corrected chi connectivity index (χ0v) is 9.24. The van der Waals surface area contributed by atoms with Crippen molar-refractivity contribution in [3.8, 4) is 0 Å². The van der Waals surface area contributed by atoms with Crippen molar-refractivity contribution in [2.45, 2.75) is 13.0 Å². The summed E-state index contributed by atoms with van der Waals surface area (Å²) in [6, 6.07) is 3.85. The Labute approximate surface area is 97.9 Å². The maximum atomic E-state index is 13.5. The SMILES string of the molecule is NCCc1nccn1Cc1c(F)cccc1F. The number of nitrogens with zero attached hydrogens (tertiary/aromatic N) is 2. The molecule has 2 aromatic rings. The highest BCUT2D eigenvalue weighted by Gasteiger charge is 2.10. The Morgan fingerprint density at radius 1 is 1.24 bits per heavy atom. The second-order valence-corrected chi connectivity index (χ2v) is 3.71. The number of hydrogen-bond acceptors (Lipinski definition) is 2. The molecule has 0 radical (unpaired) electrons. The first-order valence-corrected chi connectivity index (χ1v) is 5.35. The van der Waals surface area contributed by atoms with E-state index in [2.05, 4.69) is 4.98 Å². The van der Waals surface area contributed by atoms with Gasteiger partial charge in [0.15, 0.2) is 0 Å². The van der Waals surface area contributed by atoms with Gasteiger partial charge in [0.05, 0.1) is 6.54 Å². The highest BCUT2D eigenvalue weighted by molar-refractivity contribution is 5.20. The average molecular weight is 237 g/mol. The summed E-state index contributed by atoms with van der Waals surface area (Å²) < 4.78 is 28.6. The second kappa shape index (κ2) is 5.05. The molecule has 3 nitrogen and oxygen atoms in total. The minimum atomic E-state index is -0.544. The summed E-state index contributed by atoms with van der Waals surface area (Å²) in [5.41, 5.74) is 5.49. The van der Waals surface area contributed by atoms with Gasteiger partial charge < -0.3 is 10.3 Å². The highest BCUT2D eigenvalue weighted by atomic mass is 19.1. The van der Waals surface area contributed by atoms with Gasteiger partial charge in [0, 0.05) is 24.4 Å². The van der Waals surface area contributed by atoms with Crippen molar-refractivity contribution in [2.24, 2.45) is 5.73 Å². The molecule has 0 unspecified atom stereocenters. The van der Waals surface area contributed by atoms with Crippen LogP contribution in [-0.4, -0.2) is 16.1 Å². The molecule has 1 aromatic heterocycles. The fourth-order valence-electron chi connectivity index (χ4n) is 1.69. The minimum Gasteiger partial charge on any atom is -0.330 e. The standard InChI is InChI=1S/C12H13F2N3/c13-10-2-1-3-11(14)9(10)8-17-7-6-16-12(17)4-5-15/h1-3,6-7H,4-5,8,15H2. The van der Waals surface area contributed by atoms with Crippen LogP contribution in [0.2, 0.25) is 0 Å². The lowest BCUT2D eigenvalue weighted by Gasteiger charge is -2.09. The fourth-order valence-corrected chi connectivity index (χ4v) is 1.69. The first-order chi connectivity index (χ1) is 8.22. The van der Waals surface area contributed by atoms with Gasteiger partial charge in [0.1, 0.15) is 17.5 Å². The Morgan fingerprint density at radius 3 is 2.59 bits per heavy atom. The predicted molar refractivity (Wildman–Crippen MR) is 60.4 cm³/mol. The lowest BCUT2D eigenvalue weighted by atomic mass is 10.2. The Hall–Kier alpha value is -1.75. The van der Waals surface area contributed by atoms with Gasteiger partial charge in [-0.2, -0.15) is 0 Å². The number of rotatable bonds is 4. The van der Waals surface area contributed by atoms with E-state index in [1.54, 1.807) is 17.0 Å². The number of imidazole rings is 1. The lowest BCUT2D eigenvalue weighted by Crippen LogP contribution is -2.12. The summed E-state index contributed by atoms with van der Waals surface area (Å²) in [5, 5.41) is 0. The van der Waals surface area contributed by atoms with E-state index in [1.807, 2.05) is 0 Å². The van der Waals surface area contributed by atoms with Crippen molar-refractivity contribution in [1.29, 1.82) is 0 Å². The van der Waals surface area contributed by atoms with Crippen molar-refractivity contribution in [3.63, 3.8) is 0 Å². The van der Waals surface area contributed by atoms with Crippen molar-refractivity contribution in [3.05, 3.63) is 53.6 Å². The van der Waals surface area contributed by atoms with Crippen LogP contribution in [0.25, 0.3) is 0 Å². The van der Waals surface area contributed by atoms with E-state index in [0.29, 0.717) is 13.0 Å². The Kier molecular flexibility index (Phi) is 3.49. The van der Waals surface area contributed by atoms with Crippen LogP contribution in [0.4, 0.5) is 8.78 Å². The molecule has 2 N–H and O–H groups in total. The van der Waals surface area contributed by atoms with Gasteiger partial charge in [-0.25, -0.2) is 13.8 Å². The first kappa shape index (κ1) is 11.7. The summed E-state index contributed by atoms with van der Waals surface area (Å²) in [4.78, 5) is 4.10. The van der Waals surface area contributed by atoms with Gasteiger partial charge >= 0.3 is 0 Å². The Balaban J connectivity index is 2.28. The normalized spacial score (nSPS) is 10.8. The molecule has 0 bridgehead atoms. The first-order valence-electron chi connectivity index (χ1n) is 5.35. The van der Waals surface area contributed by atoms with Gasteiger partial charge in [0.25, 0.3) is 0 Å². The van der Waals surface area contributed by atoms with Crippen molar-refractivity contribution in [2.75, 3.05) is 6.54 Å². The second-order valence-electron chi connectivity index (χ2n) is 3.71. The molecule has 0 saturated heterocycles. The molecular formula is C12H13F2N3. The zero-order chi connectivity index (χ0) is 12.3. The number of halogens is 2. The quantitative estimate of drug-likeness (QED) is 0.879. The molecule has 0 aliphatic rings. The van der Waals surface area contributed by atoms with E-state index in [9.17, 15) is 8.78 Å². The van der Waals surface area contributed by atoms with Crippen LogP contribution in [0.5, 0.6) is 0 Å². The number of aromatic nitrogens is 2. The monoisotopic (exact) mass is 237 g/mol. The molecular weight excluding hydrogens is 224 g/mol. The van der Waals surface area contributed by atoms with Gasteiger partial charge in [-0.3, -0.25) is 0 Å². The Morgan fingerprint density at radius 2 is 1.94 bits per heavy atom. The van der Waals surface area contributed by atoms with Crippen LogP contribution < -0.4 is 5.73 Å². The van der Waals surface area contributed by atoms with E-state index in [0.717, 1.165) is 5.82 Å². The van der Waals surface area contributed by atoms with Gasteiger partial charge in [0.2, 0.25) is 0 Å². The summed E-state index contributed by atoms with van der Waals surface area (Å²) in [6.07, 6.45) is 3.88. The maximum absolute atomic E-state index is 13.5. The molecule has 0 saturated carbocycles. The van der Waals surface area contributed by atoms with Crippen LogP contribution in [0, 0.1) is 11.6 Å². The fraction of sp³-hybridized carbons (Fsp3) is 0.250. The molecule has 1 aromatic carbocycles. The molecule has 1 heterocycles. The summed E-state index contributed by atoms with van der Waals surface area (Å²) in [6.45, 7) is 0.588. The van der Waals surface area contributed by atoms with Gasteiger partial charge in [-0.05, 0) is 18.7 Å². The molecule has 0 fully saturated rings. The van der Waals surface area contributed by atoms with E-state index in [1.165, 1.54) is 18.2 Å². The molecule has 0 spiro atoms. The zero-order valence-electron chi connectivity index (χ0n) is 9.24. The van der Waals surface area contributed by atoms with E-state index in [4.69, 9.17) is 5.73 Å². The molecule has 0 aliphatic carbocycles. The molecule has 17 heavy (non-hydrogen) atoms. The largest absolute Gasteiger partial charge is 0.330 e. The van der Waals surface area contributed by atoms with Crippen molar-refractivity contribution in [1.82, 2.24) is 9.55 Å². The molecule has 5 heteroatoms. The van der Waals surface area contributed by atoms with E-state index >= 15 is 0 Å². The third-order valence-electron chi connectivity index (χ3n) is 2.56. The van der Waals surface area contributed by atoms with Crippen molar-refractivity contribution >= 4 is 0 Å². The van der Waals surface area contributed by atoms with E-state index < -0.39 is 11.6 Å². The van der Waals surface area contributed by atoms with E-state index in [-0.39, 0.29) is 12.1 Å². The van der Waals surface area contributed by atoms with Crippen LogP contribution in [0.15, 0.2) is 30.6 Å².